The number of fused-ring (bicyclic) bond motifs is 1. The zero-order chi connectivity index (χ0) is 27.0. The number of benzene rings is 1. The van der Waals surface area contributed by atoms with Gasteiger partial charge in [-0.15, -0.1) is 16.9 Å². The molecule has 0 saturated carbocycles. The Balaban J connectivity index is 1.45. The smallest absolute Gasteiger partial charge is 0.323 e. The number of carbonyl (C=O) groups excluding carboxylic acids is 3. The van der Waals surface area contributed by atoms with Crippen molar-refractivity contribution >= 4 is 47.3 Å². The van der Waals surface area contributed by atoms with Gasteiger partial charge in [0.2, 0.25) is 17.0 Å². The van der Waals surface area contributed by atoms with Crippen molar-refractivity contribution in [2.45, 2.75) is 48.9 Å². The summed E-state index contributed by atoms with van der Waals surface area (Å²) >= 11 is 2.50. The molecule has 2 aliphatic rings. The molecule has 0 bridgehead atoms. The van der Waals surface area contributed by atoms with Gasteiger partial charge in [-0.3, -0.25) is 19.2 Å². The molecule has 4 rings (SSSR count). The fourth-order valence-corrected chi connectivity index (χ4v) is 6.80. The van der Waals surface area contributed by atoms with E-state index in [-0.39, 0.29) is 18.1 Å². The predicted molar refractivity (Wildman–Crippen MR) is 135 cm³/mol. The van der Waals surface area contributed by atoms with Crippen LogP contribution in [0.15, 0.2) is 35.5 Å². The van der Waals surface area contributed by atoms with Gasteiger partial charge in [-0.2, -0.15) is 0 Å². The van der Waals surface area contributed by atoms with Gasteiger partial charge in [0.25, 0.3) is 0 Å². The summed E-state index contributed by atoms with van der Waals surface area (Å²) in [5.74, 6) is -3.60. The molecule has 1 aromatic carbocycles. The monoisotopic (exact) mass is 548 g/mol. The van der Waals surface area contributed by atoms with Crippen LogP contribution in [-0.2, 0) is 31.0 Å². The van der Waals surface area contributed by atoms with Crippen LogP contribution in [-0.4, -0.2) is 89.0 Å². The van der Waals surface area contributed by atoms with Crippen LogP contribution in [0.25, 0.3) is 0 Å². The van der Waals surface area contributed by atoms with Crippen molar-refractivity contribution in [1.29, 1.82) is 0 Å². The van der Waals surface area contributed by atoms with Crippen molar-refractivity contribution in [1.82, 2.24) is 30.4 Å². The molecular weight excluding hydrogens is 520 g/mol. The average Bonchev–Trinajstić information content (AvgIpc) is 3.25. The van der Waals surface area contributed by atoms with Crippen LogP contribution >= 0.6 is 23.5 Å². The first kappa shape index (κ1) is 26.9. The lowest BCUT2D eigenvalue weighted by Crippen LogP contribution is -2.74. The first-order chi connectivity index (χ1) is 17.4. The van der Waals surface area contributed by atoms with Crippen molar-refractivity contribution < 1.29 is 29.0 Å². The normalized spacial score (nSPS) is 24.0. The van der Waals surface area contributed by atoms with Crippen LogP contribution in [0.4, 0.5) is 0 Å². The maximum Gasteiger partial charge on any atom is 0.323 e. The zero-order valence-corrected chi connectivity index (χ0v) is 22.4. The Bertz CT molecular complexity index is 1200. The standard InChI is InChI=1S/C23H28N6O6S2/c1-22(2,3)35-19(32)14(13-8-6-5-7-9-13)16(30)24-15-17(31)29-10-23(20(33)34,11-36-18(15)29)12-37-21-25-26-27-28(21)4/h5-9,14-15,18H,10-12H2,1-4H3,(H,24,30)(H,33,34)/t14?,15?,18-,23?/m1/s1. The van der Waals surface area contributed by atoms with Crippen LogP contribution in [0, 0.1) is 5.41 Å². The SMILES string of the molecule is Cn1nnnc1SCC1(C(=O)O)CS[C@@H]2C(NC(=O)C(C(=O)OC(C)(C)C)c3ccccc3)C(=O)N2C1. The van der Waals surface area contributed by atoms with Crippen LogP contribution < -0.4 is 5.32 Å². The van der Waals surface area contributed by atoms with E-state index >= 15 is 0 Å². The van der Waals surface area contributed by atoms with Gasteiger partial charge in [-0.25, -0.2) is 4.68 Å². The van der Waals surface area contributed by atoms with Gasteiger partial charge < -0.3 is 20.1 Å². The number of nitrogens with one attached hydrogen (secondary N) is 1. The van der Waals surface area contributed by atoms with Gasteiger partial charge in [0.1, 0.15) is 22.4 Å². The second-order valence-electron chi connectivity index (χ2n) is 9.99. The highest BCUT2D eigenvalue weighted by molar-refractivity contribution is 8.00. The molecule has 2 aliphatic heterocycles. The number of thioether (sulfide) groups is 2. The number of carboxylic acids is 1. The lowest BCUT2D eigenvalue weighted by atomic mass is 9.89. The number of carboxylic acid groups (broad SMARTS) is 1. The summed E-state index contributed by atoms with van der Waals surface area (Å²) < 4.78 is 6.93. The molecule has 0 radical (unpaired) electrons. The minimum absolute atomic E-state index is 0.00232. The van der Waals surface area contributed by atoms with E-state index in [0.717, 1.165) is 0 Å². The Morgan fingerprint density at radius 2 is 2.00 bits per heavy atom. The van der Waals surface area contributed by atoms with E-state index < -0.39 is 52.1 Å². The second-order valence-corrected chi connectivity index (χ2v) is 12.0. The van der Waals surface area contributed by atoms with E-state index in [1.807, 2.05) is 0 Å². The third kappa shape index (κ3) is 5.59. The highest BCUT2D eigenvalue weighted by Gasteiger charge is 2.58. The molecule has 4 atom stereocenters. The fraction of sp³-hybridized carbons (Fsp3) is 0.522. The molecular formula is C23H28N6O6S2. The largest absolute Gasteiger partial charge is 0.481 e. The number of amides is 2. The van der Waals surface area contributed by atoms with E-state index in [9.17, 15) is 24.3 Å². The predicted octanol–water partition coefficient (Wildman–Crippen LogP) is 0.899. The number of aromatic nitrogens is 4. The average molecular weight is 549 g/mol. The minimum Gasteiger partial charge on any atom is -0.481 e. The lowest BCUT2D eigenvalue weighted by molar-refractivity contribution is -0.162. The summed E-state index contributed by atoms with van der Waals surface area (Å²) in [5.41, 5.74) is -1.55. The van der Waals surface area contributed by atoms with E-state index in [2.05, 4.69) is 20.8 Å². The number of hydrogen-bond acceptors (Lipinski definition) is 10. The van der Waals surface area contributed by atoms with Gasteiger partial charge in [0, 0.05) is 25.1 Å². The fourth-order valence-electron chi connectivity index (χ4n) is 4.09. The van der Waals surface area contributed by atoms with Gasteiger partial charge in [0.15, 0.2) is 5.92 Å². The number of tetrazole rings is 1. The summed E-state index contributed by atoms with van der Waals surface area (Å²) in [7, 11) is 1.66. The molecule has 12 nitrogen and oxygen atoms in total. The molecule has 37 heavy (non-hydrogen) atoms. The van der Waals surface area contributed by atoms with E-state index in [1.54, 1.807) is 58.2 Å². The number of β-lactam (4-membered cyclic amide) rings is 1. The maximum atomic E-state index is 13.3. The van der Waals surface area contributed by atoms with Crippen LogP contribution in [0.2, 0.25) is 0 Å². The third-order valence-corrected chi connectivity index (χ3v) is 8.88. The van der Waals surface area contributed by atoms with Crippen molar-refractivity contribution in [3.8, 4) is 0 Å². The highest BCUT2D eigenvalue weighted by atomic mass is 32.2. The number of carbonyl (C=O) groups is 4. The maximum absolute atomic E-state index is 13.3. The quantitative estimate of drug-likeness (QED) is 0.209. The van der Waals surface area contributed by atoms with Gasteiger partial charge in [-0.05, 0) is 36.8 Å². The van der Waals surface area contributed by atoms with Gasteiger partial charge in [0.05, 0.1) is 0 Å². The summed E-state index contributed by atoms with van der Waals surface area (Å²) in [6.07, 6.45) is 0. The number of ether oxygens (including phenoxy) is 1. The topological polar surface area (TPSA) is 157 Å². The van der Waals surface area contributed by atoms with E-state index in [1.165, 1.54) is 33.1 Å². The molecule has 3 heterocycles. The molecule has 1 aromatic heterocycles. The molecule has 2 N–H and O–H groups in total. The number of nitrogens with zero attached hydrogens (tertiary/aromatic N) is 5. The summed E-state index contributed by atoms with van der Waals surface area (Å²) in [5, 5.41) is 24.0. The first-order valence-electron chi connectivity index (χ1n) is 11.5. The van der Waals surface area contributed by atoms with Crippen molar-refractivity contribution in [2.24, 2.45) is 12.5 Å². The Hall–Kier alpha value is -3.13. The van der Waals surface area contributed by atoms with Crippen LogP contribution in [0.5, 0.6) is 0 Å². The molecule has 2 aromatic rings. The van der Waals surface area contributed by atoms with Crippen molar-refractivity contribution in [3.63, 3.8) is 0 Å². The molecule has 2 saturated heterocycles. The van der Waals surface area contributed by atoms with Crippen LogP contribution in [0.1, 0.15) is 32.3 Å². The molecule has 3 unspecified atom stereocenters. The number of aliphatic carboxylic acids is 1. The minimum atomic E-state index is -1.25. The second kappa shape index (κ2) is 10.3. The summed E-state index contributed by atoms with van der Waals surface area (Å²) in [6.45, 7) is 5.14. The van der Waals surface area contributed by atoms with Gasteiger partial charge >= 0.3 is 11.9 Å². The number of rotatable bonds is 8. The Morgan fingerprint density at radius 1 is 1.30 bits per heavy atom. The molecule has 14 heteroatoms. The molecule has 2 amide bonds. The van der Waals surface area contributed by atoms with Crippen molar-refractivity contribution in [3.05, 3.63) is 35.9 Å². The van der Waals surface area contributed by atoms with E-state index in [0.29, 0.717) is 10.7 Å². The molecule has 0 aliphatic carbocycles. The summed E-state index contributed by atoms with van der Waals surface area (Å²) in [6, 6.07) is 7.65. The highest BCUT2D eigenvalue weighted by Crippen LogP contribution is 2.44. The Kier molecular flexibility index (Phi) is 7.51. The number of aryl methyl sites for hydroxylation is 1. The molecule has 2 fully saturated rings. The van der Waals surface area contributed by atoms with Crippen LogP contribution in [0.3, 0.4) is 0 Å². The number of esters is 1. The van der Waals surface area contributed by atoms with E-state index in [4.69, 9.17) is 4.74 Å². The number of hydrogen-bond donors (Lipinski definition) is 2. The van der Waals surface area contributed by atoms with Gasteiger partial charge in [-0.1, -0.05) is 42.1 Å². The zero-order valence-electron chi connectivity index (χ0n) is 20.8. The lowest BCUT2D eigenvalue weighted by Gasteiger charge is -2.53. The first-order valence-corrected chi connectivity index (χ1v) is 13.5. The van der Waals surface area contributed by atoms with Crippen molar-refractivity contribution in [2.75, 3.05) is 18.1 Å². The Labute approximate surface area is 221 Å². The Morgan fingerprint density at radius 3 is 2.59 bits per heavy atom. The molecule has 0 spiro atoms. The molecule has 198 valence electrons. The third-order valence-electron chi connectivity index (χ3n) is 5.99. The summed E-state index contributed by atoms with van der Waals surface area (Å²) in [4.78, 5) is 53.0.